The average Bonchev–Trinajstić information content (AvgIpc) is 3.58. The van der Waals surface area contributed by atoms with Gasteiger partial charge in [0.25, 0.3) is 0 Å². The third-order valence-electron chi connectivity index (χ3n) is 10.6. The first-order valence-corrected chi connectivity index (χ1v) is 18.5. The van der Waals surface area contributed by atoms with Gasteiger partial charge in [-0.2, -0.15) is 0 Å². The van der Waals surface area contributed by atoms with Crippen LogP contribution in [0.2, 0.25) is 0 Å². The van der Waals surface area contributed by atoms with Crippen molar-refractivity contribution in [2.24, 2.45) is 0 Å². The minimum absolute atomic E-state index is 1.11. The van der Waals surface area contributed by atoms with Crippen molar-refractivity contribution < 1.29 is 0 Å². The van der Waals surface area contributed by atoms with Crippen molar-refractivity contribution >= 4 is 49.6 Å². The maximum Gasteiger partial charge on any atom is 0.0547 e. The van der Waals surface area contributed by atoms with E-state index < -0.39 is 0 Å². The highest BCUT2D eigenvalue weighted by Gasteiger charge is 2.17. The normalized spacial score (nSPS) is 11.3. The third kappa shape index (κ3) is 5.53. The van der Waals surface area contributed by atoms with Crippen LogP contribution in [0.3, 0.4) is 0 Å². The Labute approximate surface area is 315 Å². The number of para-hydroxylation sites is 4. The van der Waals surface area contributed by atoms with Crippen molar-refractivity contribution in [3.63, 3.8) is 0 Å². The van der Waals surface area contributed by atoms with Crippen molar-refractivity contribution in [3.05, 3.63) is 218 Å². The summed E-state index contributed by atoms with van der Waals surface area (Å²) in [6, 6.07) is 78.9. The van der Waals surface area contributed by atoms with E-state index in [9.17, 15) is 0 Å². The minimum atomic E-state index is 1.11. The molecule has 0 saturated heterocycles. The van der Waals surface area contributed by atoms with E-state index in [-0.39, 0.29) is 0 Å². The molecule has 0 fully saturated rings. The topological polar surface area (TPSA) is 8.17 Å². The zero-order valence-corrected chi connectivity index (χ0v) is 29.7. The summed E-state index contributed by atoms with van der Waals surface area (Å²) in [5, 5.41) is 5.00. The largest absolute Gasteiger partial charge is 0.311 e. The van der Waals surface area contributed by atoms with Gasteiger partial charge in [0.1, 0.15) is 0 Å². The third-order valence-corrected chi connectivity index (χ3v) is 10.6. The Hall–Kier alpha value is -7.16. The molecule has 1 heterocycles. The molecule has 0 aliphatic carbocycles. The number of benzene rings is 9. The molecule has 54 heavy (non-hydrogen) atoms. The summed E-state index contributed by atoms with van der Waals surface area (Å²) in [7, 11) is 0. The van der Waals surface area contributed by atoms with Crippen LogP contribution in [0.1, 0.15) is 0 Å². The highest BCUT2D eigenvalue weighted by Crippen LogP contribution is 2.42. The Bertz CT molecular complexity index is 2860. The van der Waals surface area contributed by atoms with E-state index in [4.69, 9.17) is 0 Å². The summed E-state index contributed by atoms with van der Waals surface area (Å²) in [6.07, 6.45) is 0. The lowest BCUT2D eigenvalue weighted by Gasteiger charge is -2.25. The average molecular weight is 689 g/mol. The zero-order chi connectivity index (χ0) is 35.8. The molecular weight excluding hydrogens is 653 g/mol. The highest BCUT2D eigenvalue weighted by atomic mass is 15.1. The second-order valence-corrected chi connectivity index (χ2v) is 13.8. The van der Waals surface area contributed by atoms with Crippen molar-refractivity contribution in [3.8, 4) is 39.1 Å². The molecular formula is C52H36N2. The van der Waals surface area contributed by atoms with E-state index in [0.717, 1.165) is 22.7 Å². The lowest BCUT2D eigenvalue weighted by molar-refractivity contribution is 1.18. The van der Waals surface area contributed by atoms with Gasteiger partial charge in [0, 0.05) is 33.5 Å². The van der Waals surface area contributed by atoms with Crippen LogP contribution in [-0.2, 0) is 0 Å². The van der Waals surface area contributed by atoms with Crippen molar-refractivity contribution in [2.75, 3.05) is 4.90 Å². The van der Waals surface area contributed by atoms with Gasteiger partial charge in [0.05, 0.1) is 11.0 Å². The van der Waals surface area contributed by atoms with Crippen molar-refractivity contribution in [1.82, 2.24) is 4.57 Å². The summed E-state index contributed by atoms with van der Waals surface area (Å²) in [5.74, 6) is 0. The summed E-state index contributed by atoms with van der Waals surface area (Å²) >= 11 is 0. The second-order valence-electron chi connectivity index (χ2n) is 13.8. The predicted octanol–water partition coefficient (Wildman–Crippen LogP) is 14.4. The Balaban J connectivity index is 1.17. The second kappa shape index (κ2) is 13.4. The Morgan fingerprint density at radius 1 is 0.296 bits per heavy atom. The zero-order valence-electron chi connectivity index (χ0n) is 29.7. The van der Waals surface area contributed by atoms with Crippen LogP contribution in [0, 0.1) is 0 Å². The fourth-order valence-electron chi connectivity index (χ4n) is 8.06. The monoisotopic (exact) mass is 688 g/mol. The maximum absolute atomic E-state index is 2.40. The van der Waals surface area contributed by atoms with E-state index in [2.05, 4.69) is 228 Å². The first-order chi connectivity index (χ1) is 26.8. The van der Waals surface area contributed by atoms with Gasteiger partial charge in [-0.1, -0.05) is 152 Å². The number of fused-ring (bicyclic) bond motifs is 4. The smallest absolute Gasteiger partial charge is 0.0547 e. The molecule has 9 aromatic carbocycles. The Morgan fingerprint density at radius 3 is 1.57 bits per heavy atom. The Morgan fingerprint density at radius 2 is 0.833 bits per heavy atom. The summed E-state index contributed by atoms with van der Waals surface area (Å²) in [6.45, 7) is 0. The van der Waals surface area contributed by atoms with E-state index in [0.29, 0.717) is 0 Å². The molecule has 0 aliphatic heterocycles. The van der Waals surface area contributed by atoms with E-state index >= 15 is 0 Å². The van der Waals surface area contributed by atoms with Crippen molar-refractivity contribution in [1.29, 1.82) is 0 Å². The van der Waals surface area contributed by atoms with Crippen LogP contribution >= 0.6 is 0 Å². The molecule has 10 rings (SSSR count). The molecule has 0 radical (unpaired) electrons. The van der Waals surface area contributed by atoms with Gasteiger partial charge in [-0.3, -0.25) is 0 Å². The number of rotatable bonds is 7. The minimum Gasteiger partial charge on any atom is -0.311 e. The van der Waals surface area contributed by atoms with Gasteiger partial charge >= 0.3 is 0 Å². The van der Waals surface area contributed by atoms with E-state index in [1.54, 1.807) is 0 Å². The van der Waals surface area contributed by atoms with Gasteiger partial charge in [-0.05, 0) is 111 Å². The van der Waals surface area contributed by atoms with Crippen molar-refractivity contribution in [2.45, 2.75) is 0 Å². The summed E-state index contributed by atoms with van der Waals surface area (Å²) < 4.78 is 2.40. The molecule has 0 saturated carbocycles. The number of hydrogen-bond acceptors (Lipinski definition) is 1. The quantitative estimate of drug-likeness (QED) is 0.162. The molecule has 0 N–H and O–H groups in total. The summed E-state index contributed by atoms with van der Waals surface area (Å²) in [5.41, 5.74) is 14.1. The van der Waals surface area contributed by atoms with Crippen LogP contribution in [0.5, 0.6) is 0 Å². The van der Waals surface area contributed by atoms with E-state index in [1.165, 1.54) is 66.0 Å². The molecule has 1 aromatic heterocycles. The summed E-state index contributed by atoms with van der Waals surface area (Å²) in [4.78, 5) is 2.31. The number of aromatic nitrogens is 1. The maximum atomic E-state index is 2.40. The molecule has 0 bridgehead atoms. The van der Waals surface area contributed by atoms with Crippen LogP contribution in [0.25, 0.3) is 71.6 Å². The molecule has 2 nitrogen and oxygen atoms in total. The van der Waals surface area contributed by atoms with Gasteiger partial charge in [0.15, 0.2) is 0 Å². The predicted molar refractivity (Wildman–Crippen MR) is 229 cm³/mol. The van der Waals surface area contributed by atoms with Crippen LogP contribution in [0.4, 0.5) is 17.1 Å². The fourth-order valence-corrected chi connectivity index (χ4v) is 8.06. The van der Waals surface area contributed by atoms with Gasteiger partial charge in [-0.25, -0.2) is 0 Å². The lowest BCUT2D eigenvalue weighted by atomic mass is 9.89. The van der Waals surface area contributed by atoms with Gasteiger partial charge in [-0.15, -0.1) is 0 Å². The number of nitrogens with zero attached hydrogens (tertiary/aromatic N) is 2. The molecule has 2 heteroatoms. The molecule has 10 aromatic rings. The SMILES string of the molecule is c1ccc(N(c2ccccc2)c2ccc(-c3ccc(-c4cccc5ccccc45)cc3-c3ccc4c5ccccc5n(-c5ccccc5)c4c3)cc2)cc1. The highest BCUT2D eigenvalue weighted by molar-refractivity contribution is 6.10. The first-order valence-electron chi connectivity index (χ1n) is 18.5. The molecule has 0 unspecified atom stereocenters. The van der Waals surface area contributed by atoms with Crippen LogP contribution in [-0.4, -0.2) is 4.57 Å². The first kappa shape index (κ1) is 31.6. The van der Waals surface area contributed by atoms with Crippen LogP contribution < -0.4 is 4.90 Å². The molecule has 0 aliphatic rings. The molecule has 0 atom stereocenters. The van der Waals surface area contributed by atoms with Crippen LogP contribution in [0.15, 0.2) is 218 Å². The lowest BCUT2D eigenvalue weighted by Crippen LogP contribution is -2.09. The van der Waals surface area contributed by atoms with Gasteiger partial charge in [0.2, 0.25) is 0 Å². The number of anilines is 3. The van der Waals surface area contributed by atoms with Gasteiger partial charge < -0.3 is 9.47 Å². The Kier molecular flexibility index (Phi) is 7.85. The molecule has 0 amide bonds. The molecule has 0 spiro atoms. The fraction of sp³-hybridized carbons (Fsp3) is 0. The molecule has 254 valence electrons. The van der Waals surface area contributed by atoms with E-state index in [1.807, 2.05) is 0 Å². The number of hydrogen-bond donors (Lipinski definition) is 0. The standard InChI is InChI=1S/C52H36N2/c1-4-17-41(18-5-1)53(42-19-6-2-7-20-42)44-31-27-38(28-32-44)47-33-29-39(46-25-14-16-37-15-10-11-23-45(37)46)35-50(47)40-30-34-49-48-24-12-13-26-51(48)54(52(49)36-40)43-21-8-3-9-22-43/h1-36H.